The van der Waals surface area contributed by atoms with Crippen molar-refractivity contribution in [2.24, 2.45) is 5.73 Å². The lowest BCUT2D eigenvalue weighted by Gasteiger charge is -2.23. The predicted molar refractivity (Wildman–Crippen MR) is 102 cm³/mol. The Labute approximate surface area is 169 Å². The molecule has 0 unspecified atom stereocenters. The first-order chi connectivity index (χ1) is 13.4. The number of nitrogens with two attached hydrogens (primary N) is 1. The molecular formula is C19H19ClF3N5O. The third-order valence-electron chi connectivity index (χ3n) is 4.32. The summed E-state index contributed by atoms with van der Waals surface area (Å²) in [7, 11) is 0. The van der Waals surface area contributed by atoms with Crippen LogP contribution in [0, 0.1) is 0 Å². The second kappa shape index (κ2) is 7.64. The summed E-state index contributed by atoms with van der Waals surface area (Å²) in [5.74, 6) is -0.0480. The molecule has 6 nitrogen and oxygen atoms in total. The normalized spacial score (nSPS) is 13.5. The Hall–Kier alpha value is -2.65. The number of carbonyl (C=O) groups excluding carboxylic acids is 1. The van der Waals surface area contributed by atoms with Crippen molar-refractivity contribution in [1.82, 2.24) is 19.9 Å². The number of benzene rings is 1. The molecule has 0 aliphatic heterocycles. The van der Waals surface area contributed by atoms with Crippen LogP contribution in [0.2, 0.25) is 5.02 Å². The van der Waals surface area contributed by atoms with Gasteiger partial charge in [-0.15, -0.1) is 10.2 Å². The Kier molecular flexibility index (Phi) is 5.55. The molecule has 0 fully saturated rings. The number of fused-ring (bicyclic) bond motifs is 1. The molecule has 10 heteroatoms. The number of hydrogen-bond acceptors (Lipinski definition) is 4. The van der Waals surface area contributed by atoms with Gasteiger partial charge in [-0.2, -0.15) is 13.2 Å². The number of halogens is 4. The number of pyridine rings is 1. The third-order valence-corrected chi connectivity index (χ3v) is 4.54. The second-order valence-corrected chi connectivity index (χ2v) is 7.72. The number of amides is 1. The van der Waals surface area contributed by atoms with Crippen LogP contribution in [0.4, 0.5) is 13.2 Å². The highest BCUT2D eigenvalue weighted by molar-refractivity contribution is 6.30. The molecule has 1 aromatic carbocycles. The van der Waals surface area contributed by atoms with E-state index in [2.05, 4.69) is 15.5 Å². The average Bonchev–Trinajstić information content (AvgIpc) is 3.03. The molecule has 0 aliphatic rings. The Morgan fingerprint density at radius 3 is 2.41 bits per heavy atom. The van der Waals surface area contributed by atoms with Crippen LogP contribution in [-0.2, 0) is 17.4 Å². The summed E-state index contributed by atoms with van der Waals surface area (Å²) in [5.41, 5.74) is 5.07. The van der Waals surface area contributed by atoms with E-state index in [4.69, 9.17) is 17.3 Å². The maximum atomic E-state index is 12.8. The highest BCUT2D eigenvalue weighted by atomic mass is 35.5. The zero-order chi connectivity index (χ0) is 21.4. The van der Waals surface area contributed by atoms with Crippen molar-refractivity contribution in [2.75, 3.05) is 0 Å². The number of hydrogen-bond donors (Lipinski definition) is 2. The maximum Gasteiger partial charge on any atom is 0.416 e. The van der Waals surface area contributed by atoms with Crippen LogP contribution >= 0.6 is 11.6 Å². The average molecular weight is 426 g/mol. The molecule has 0 saturated heterocycles. The summed E-state index contributed by atoms with van der Waals surface area (Å²) in [6.07, 6.45) is -2.63. The number of nitrogens with one attached hydrogen (secondary N) is 1. The highest BCUT2D eigenvalue weighted by Crippen LogP contribution is 2.30. The zero-order valence-electron chi connectivity index (χ0n) is 15.7. The van der Waals surface area contributed by atoms with Crippen LogP contribution in [0.1, 0.15) is 36.8 Å². The lowest BCUT2D eigenvalue weighted by molar-refractivity contribution is -0.137. The standard InChI is InChI=1S/C19H19ClF3N5O/c1-18(2,24)17(29)25-14(9-11-3-5-12(6-4-11)19(21,22)23)16-27-26-15-8-7-13(20)10-28(15)16/h3-8,10,14H,9,24H2,1-2H3,(H,25,29)/t14-/m1/s1. The van der Waals surface area contributed by atoms with Crippen molar-refractivity contribution < 1.29 is 18.0 Å². The van der Waals surface area contributed by atoms with Gasteiger partial charge >= 0.3 is 6.18 Å². The Morgan fingerprint density at radius 2 is 1.83 bits per heavy atom. The molecule has 3 N–H and O–H groups in total. The van der Waals surface area contributed by atoms with E-state index in [0.29, 0.717) is 22.1 Å². The molecule has 1 atom stereocenters. The molecule has 0 saturated carbocycles. The molecular weight excluding hydrogens is 407 g/mol. The van der Waals surface area contributed by atoms with Gasteiger partial charge in [0.2, 0.25) is 5.91 Å². The van der Waals surface area contributed by atoms with Crippen LogP contribution < -0.4 is 11.1 Å². The highest BCUT2D eigenvalue weighted by Gasteiger charge is 2.31. The van der Waals surface area contributed by atoms with Crippen LogP contribution in [-0.4, -0.2) is 26.0 Å². The van der Waals surface area contributed by atoms with Crippen molar-refractivity contribution in [3.8, 4) is 0 Å². The fraction of sp³-hybridized carbons (Fsp3) is 0.316. The molecule has 0 radical (unpaired) electrons. The van der Waals surface area contributed by atoms with Crippen molar-refractivity contribution in [2.45, 2.75) is 38.0 Å². The molecule has 3 aromatic rings. The molecule has 29 heavy (non-hydrogen) atoms. The SMILES string of the molecule is CC(C)(N)C(=O)N[C@H](Cc1ccc(C(F)(F)F)cc1)c1nnc2ccc(Cl)cn12. The van der Waals surface area contributed by atoms with Crippen LogP contribution in [0.3, 0.4) is 0 Å². The van der Waals surface area contributed by atoms with Gasteiger partial charge in [0.15, 0.2) is 11.5 Å². The quantitative estimate of drug-likeness (QED) is 0.654. The second-order valence-electron chi connectivity index (χ2n) is 7.28. The van der Waals surface area contributed by atoms with Gasteiger partial charge in [0.1, 0.15) is 0 Å². The molecule has 1 amide bonds. The minimum atomic E-state index is -4.42. The Bertz CT molecular complexity index is 1020. The monoisotopic (exact) mass is 425 g/mol. The van der Waals surface area contributed by atoms with E-state index in [1.807, 2.05) is 0 Å². The smallest absolute Gasteiger partial charge is 0.344 e. The summed E-state index contributed by atoms with van der Waals surface area (Å²) in [6, 6.07) is 7.37. The van der Waals surface area contributed by atoms with E-state index in [1.54, 1.807) is 36.6 Å². The summed E-state index contributed by atoms with van der Waals surface area (Å²) >= 11 is 6.06. The van der Waals surface area contributed by atoms with E-state index >= 15 is 0 Å². The largest absolute Gasteiger partial charge is 0.416 e. The van der Waals surface area contributed by atoms with E-state index in [-0.39, 0.29) is 6.42 Å². The van der Waals surface area contributed by atoms with Crippen LogP contribution in [0.25, 0.3) is 5.65 Å². The van der Waals surface area contributed by atoms with Crippen LogP contribution in [0.15, 0.2) is 42.6 Å². The number of rotatable bonds is 5. The summed E-state index contributed by atoms with van der Waals surface area (Å²) in [4.78, 5) is 12.5. The zero-order valence-corrected chi connectivity index (χ0v) is 16.4. The number of nitrogens with zero attached hydrogens (tertiary/aromatic N) is 3. The van der Waals surface area contributed by atoms with Gasteiger partial charge in [0.25, 0.3) is 0 Å². The molecule has 3 rings (SSSR count). The van der Waals surface area contributed by atoms with Crippen molar-refractivity contribution >= 4 is 23.2 Å². The minimum Gasteiger partial charge on any atom is -0.344 e. The number of carbonyl (C=O) groups is 1. The Morgan fingerprint density at radius 1 is 1.17 bits per heavy atom. The summed E-state index contributed by atoms with van der Waals surface area (Å²) < 4.78 is 40.1. The predicted octanol–water partition coefficient (Wildman–Crippen LogP) is 3.54. The molecule has 154 valence electrons. The lowest BCUT2D eigenvalue weighted by Crippen LogP contribution is -2.50. The van der Waals surface area contributed by atoms with Gasteiger partial charge in [0.05, 0.1) is 22.2 Å². The van der Waals surface area contributed by atoms with Gasteiger partial charge in [0, 0.05) is 6.20 Å². The first-order valence-electron chi connectivity index (χ1n) is 8.71. The molecule has 2 heterocycles. The van der Waals surface area contributed by atoms with E-state index in [0.717, 1.165) is 12.1 Å². The van der Waals surface area contributed by atoms with Crippen LogP contribution in [0.5, 0.6) is 0 Å². The molecule has 0 aliphatic carbocycles. The van der Waals surface area contributed by atoms with E-state index < -0.39 is 29.2 Å². The van der Waals surface area contributed by atoms with Gasteiger partial charge in [-0.1, -0.05) is 23.7 Å². The Balaban J connectivity index is 1.97. The van der Waals surface area contributed by atoms with Gasteiger partial charge in [-0.25, -0.2) is 0 Å². The first kappa shape index (κ1) is 21.1. The van der Waals surface area contributed by atoms with E-state index in [9.17, 15) is 18.0 Å². The topological polar surface area (TPSA) is 85.3 Å². The number of alkyl halides is 3. The first-order valence-corrected chi connectivity index (χ1v) is 9.09. The number of aromatic nitrogens is 3. The molecule has 2 aromatic heterocycles. The van der Waals surface area contributed by atoms with Crippen molar-refractivity contribution in [3.05, 3.63) is 64.6 Å². The van der Waals surface area contributed by atoms with Gasteiger partial charge in [-0.3, -0.25) is 9.20 Å². The summed E-state index contributed by atoms with van der Waals surface area (Å²) in [5, 5.41) is 11.5. The van der Waals surface area contributed by atoms with Gasteiger partial charge in [-0.05, 0) is 50.1 Å². The van der Waals surface area contributed by atoms with Crippen molar-refractivity contribution in [3.63, 3.8) is 0 Å². The molecule has 0 spiro atoms. The fourth-order valence-corrected chi connectivity index (χ4v) is 2.90. The third kappa shape index (κ3) is 4.86. The van der Waals surface area contributed by atoms with Gasteiger partial charge < -0.3 is 11.1 Å². The summed E-state index contributed by atoms with van der Waals surface area (Å²) in [6.45, 7) is 3.10. The fourth-order valence-electron chi connectivity index (χ4n) is 2.74. The minimum absolute atomic E-state index is 0.188. The maximum absolute atomic E-state index is 12.8. The molecule has 0 bridgehead atoms. The van der Waals surface area contributed by atoms with E-state index in [1.165, 1.54) is 12.1 Å². The lowest BCUT2D eigenvalue weighted by atomic mass is 10.0. The van der Waals surface area contributed by atoms with Crippen molar-refractivity contribution in [1.29, 1.82) is 0 Å².